The fourth-order valence-corrected chi connectivity index (χ4v) is 2.98. The Morgan fingerprint density at radius 1 is 1.32 bits per heavy atom. The Hall–Kier alpha value is -2.30. The first-order valence-electron chi connectivity index (χ1n) is 7.49. The molecule has 1 saturated heterocycles. The maximum atomic E-state index is 12.1. The van der Waals surface area contributed by atoms with E-state index in [1.54, 1.807) is 13.2 Å². The zero-order valence-corrected chi connectivity index (χ0v) is 12.8. The summed E-state index contributed by atoms with van der Waals surface area (Å²) in [4.78, 5) is 25.7. The van der Waals surface area contributed by atoms with E-state index >= 15 is 0 Å². The molecule has 22 heavy (non-hydrogen) atoms. The van der Waals surface area contributed by atoms with Crippen LogP contribution in [0.2, 0.25) is 0 Å². The van der Waals surface area contributed by atoms with Gasteiger partial charge in [0, 0.05) is 24.5 Å². The van der Waals surface area contributed by atoms with Crippen LogP contribution in [-0.4, -0.2) is 26.5 Å². The highest BCUT2D eigenvalue weighted by atomic mass is 16.5. The first kappa shape index (κ1) is 14.6. The van der Waals surface area contributed by atoms with Crippen LogP contribution in [0.5, 0.6) is 5.75 Å². The Balaban J connectivity index is 2.20. The number of hydrogen-bond donors (Lipinski definition) is 0. The number of ether oxygens (including phenoxy) is 1. The van der Waals surface area contributed by atoms with E-state index in [1.807, 2.05) is 12.1 Å². The van der Waals surface area contributed by atoms with Gasteiger partial charge < -0.3 is 14.1 Å². The Labute approximate surface area is 128 Å². The number of nitrogens with zero attached hydrogens (tertiary/aromatic N) is 1. The largest absolute Gasteiger partial charge is 0.497 e. The molecule has 0 saturated carbocycles. The number of hydrogen-bond acceptors (Lipinski definition) is 5. The summed E-state index contributed by atoms with van der Waals surface area (Å²) >= 11 is 0. The minimum atomic E-state index is -0.593. The SMILES string of the molecule is COc1ccc2c(N3CCC(C)CC3)c(C=O)c(=O)oc2c1. The summed E-state index contributed by atoms with van der Waals surface area (Å²) in [6.45, 7) is 3.90. The Morgan fingerprint density at radius 2 is 2.05 bits per heavy atom. The maximum absolute atomic E-state index is 12.1. The number of methoxy groups -OCH3 is 1. The molecule has 0 spiro atoms. The van der Waals surface area contributed by atoms with Crippen LogP contribution in [-0.2, 0) is 0 Å². The monoisotopic (exact) mass is 301 g/mol. The van der Waals surface area contributed by atoms with Crippen LogP contribution >= 0.6 is 0 Å². The van der Waals surface area contributed by atoms with Gasteiger partial charge in [0.05, 0.1) is 12.8 Å². The van der Waals surface area contributed by atoms with Crippen LogP contribution in [0.15, 0.2) is 27.4 Å². The summed E-state index contributed by atoms with van der Waals surface area (Å²) in [7, 11) is 1.56. The number of piperidine rings is 1. The molecule has 0 amide bonds. The van der Waals surface area contributed by atoms with Crippen LogP contribution in [0.25, 0.3) is 11.0 Å². The summed E-state index contributed by atoms with van der Waals surface area (Å²) < 4.78 is 10.5. The fourth-order valence-electron chi connectivity index (χ4n) is 2.98. The minimum absolute atomic E-state index is 0.104. The Bertz CT molecular complexity index is 757. The second kappa shape index (κ2) is 5.83. The number of fused-ring (bicyclic) bond motifs is 1. The molecule has 116 valence electrons. The molecule has 0 atom stereocenters. The molecule has 1 aliphatic rings. The van der Waals surface area contributed by atoms with Gasteiger partial charge >= 0.3 is 5.63 Å². The van der Waals surface area contributed by atoms with Crippen molar-refractivity contribution in [1.29, 1.82) is 0 Å². The van der Waals surface area contributed by atoms with E-state index < -0.39 is 5.63 Å². The van der Waals surface area contributed by atoms with E-state index in [-0.39, 0.29) is 5.56 Å². The number of carbonyl (C=O) groups excluding carboxylic acids is 1. The lowest BCUT2D eigenvalue weighted by atomic mass is 9.97. The van der Waals surface area contributed by atoms with Crippen LogP contribution < -0.4 is 15.3 Å². The second-order valence-corrected chi connectivity index (χ2v) is 5.80. The highest BCUT2D eigenvalue weighted by molar-refractivity contribution is 5.99. The van der Waals surface area contributed by atoms with E-state index in [1.165, 1.54) is 0 Å². The van der Waals surface area contributed by atoms with Crippen molar-refractivity contribution < 1.29 is 13.9 Å². The van der Waals surface area contributed by atoms with Gasteiger partial charge in [-0.15, -0.1) is 0 Å². The zero-order chi connectivity index (χ0) is 15.7. The Kier molecular flexibility index (Phi) is 3.88. The van der Waals surface area contributed by atoms with Gasteiger partial charge in [0.25, 0.3) is 0 Å². The van der Waals surface area contributed by atoms with Crippen molar-refractivity contribution in [2.24, 2.45) is 5.92 Å². The van der Waals surface area contributed by atoms with Crippen molar-refractivity contribution in [2.75, 3.05) is 25.1 Å². The number of aldehydes is 1. The van der Waals surface area contributed by atoms with Gasteiger partial charge in [-0.2, -0.15) is 0 Å². The molecule has 2 heterocycles. The van der Waals surface area contributed by atoms with Crippen molar-refractivity contribution in [2.45, 2.75) is 19.8 Å². The van der Waals surface area contributed by atoms with E-state index in [0.717, 1.165) is 31.3 Å². The van der Waals surface area contributed by atoms with Crippen molar-refractivity contribution >= 4 is 22.9 Å². The predicted molar refractivity (Wildman–Crippen MR) is 85.0 cm³/mol. The molecule has 1 fully saturated rings. The maximum Gasteiger partial charge on any atom is 0.349 e. The number of rotatable bonds is 3. The Morgan fingerprint density at radius 3 is 2.68 bits per heavy atom. The fraction of sp³-hybridized carbons (Fsp3) is 0.412. The average Bonchev–Trinajstić information content (AvgIpc) is 2.54. The van der Waals surface area contributed by atoms with Crippen molar-refractivity contribution in [1.82, 2.24) is 0 Å². The molecule has 3 rings (SSSR count). The molecule has 0 unspecified atom stereocenters. The predicted octanol–water partition coefficient (Wildman–Crippen LogP) is 2.85. The molecule has 5 heteroatoms. The number of benzene rings is 1. The van der Waals surface area contributed by atoms with Crippen LogP contribution in [0.4, 0.5) is 5.69 Å². The molecule has 0 N–H and O–H groups in total. The molecule has 5 nitrogen and oxygen atoms in total. The lowest BCUT2D eigenvalue weighted by Crippen LogP contribution is -2.34. The third-order valence-corrected chi connectivity index (χ3v) is 4.34. The van der Waals surface area contributed by atoms with E-state index in [9.17, 15) is 9.59 Å². The van der Waals surface area contributed by atoms with Gasteiger partial charge in [0.15, 0.2) is 6.29 Å². The van der Waals surface area contributed by atoms with E-state index in [2.05, 4.69) is 11.8 Å². The van der Waals surface area contributed by atoms with Gasteiger partial charge in [-0.25, -0.2) is 4.79 Å². The van der Waals surface area contributed by atoms with E-state index in [0.29, 0.717) is 29.2 Å². The minimum Gasteiger partial charge on any atom is -0.497 e. The molecular formula is C17H19NO4. The topological polar surface area (TPSA) is 59.8 Å². The first-order chi connectivity index (χ1) is 10.6. The molecule has 0 bridgehead atoms. The average molecular weight is 301 g/mol. The second-order valence-electron chi connectivity index (χ2n) is 5.80. The third kappa shape index (κ3) is 2.47. The molecule has 1 aliphatic heterocycles. The van der Waals surface area contributed by atoms with Gasteiger partial charge in [-0.3, -0.25) is 4.79 Å². The highest BCUT2D eigenvalue weighted by Gasteiger charge is 2.23. The van der Waals surface area contributed by atoms with Gasteiger partial charge in [0.2, 0.25) is 0 Å². The summed E-state index contributed by atoms with van der Waals surface area (Å²) in [6.07, 6.45) is 2.70. The lowest BCUT2D eigenvalue weighted by Gasteiger charge is -2.33. The van der Waals surface area contributed by atoms with Crippen molar-refractivity contribution in [3.8, 4) is 5.75 Å². The number of carbonyl (C=O) groups is 1. The smallest absolute Gasteiger partial charge is 0.349 e. The molecule has 0 radical (unpaired) electrons. The van der Waals surface area contributed by atoms with Crippen LogP contribution in [0.1, 0.15) is 30.1 Å². The lowest BCUT2D eigenvalue weighted by molar-refractivity contribution is 0.112. The van der Waals surface area contributed by atoms with E-state index in [4.69, 9.17) is 9.15 Å². The molecule has 1 aromatic carbocycles. The number of anilines is 1. The summed E-state index contributed by atoms with van der Waals surface area (Å²) in [5.41, 5.74) is 0.649. The van der Waals surface area contributed by atoms with Gasteiger partial charge in [0.1, 0.15) is 16.9 Å². The van der Waals surface area contributed by atoms with Crippen LogP contribution in [0, 0.1) is 5.92 Å². The van der Waals surface area contributed by atoms with Crippen LogP contribution in [0.3, 0.4) is 0 Å². The molecular weight excluding hydrogens is 282 g/mol. The van der Waals surface area contributed by atoms with Gasteiger partial charge in [-0.1, -0.05) is 6.92 Å². The van der Waals surface area contributed by atoms with Crippen molar-refractivity contribution in [3.63, 3.8) is 0 Å². The van der Waals surface area contributed by atoms with Crippen molar-refractivity contribution in [3.05, 3.63) is 34.2 Å². The molecule has 2 aromatic rings. The standard InChI is InChI=1S/C17H19NO4/c1-11-5-7-18(8-6-11)16-13-4-3-12(21-2)9-15(13)22-17(20)14(16)10-19/h3-4,9-11H,5-8H2,1-2H3. The van der Waals surface area contributed by atoms with Gasteiger partial charge in [-0.05, 0) is 30.9 Å². The summed E-state index contributed by atoms with van der Waals surface area (Å²) in [5, 5.41) is 0.775. The highest BCUT2D eigenvalue weighted by Crippen LogP contribution is 2.33. The quantitative estimate of drug-likeness (QED) is 0.644. The normalized spacial score (nSPS) is 16.0. The molecule has 1 aromatic heterocycles. The third-order valence-electron chi connectivity index (χ3n) is 4.34. The zero-order valence-electron chi connectivity index (χ0n) is 12.8. The molecule has 0 aliphatic carbocycles. The first-order valence-corrected chi connectivity index (χ1v) is 7.49. The summed E-state index contributed by atoms with van der Waals surface area (Å²) in [6, 6.07) is 5.34. The summed E-state index contributed by atoms with van der Waals surface area (Å²) in [5.74, 6) is 1.29.